The molecule has 164 valence electrons. The summed E-state index contributed by atoms with van der Waals surface area (Å²) in [5.74, 6) is 1.07. The highest BCUT2D eigenvalue weighted by atomic mass is 16.2. The summed E-state index contributed by atoms with van der Waals surface area (Å²) in [7, 11) is 0. The molecule has 1 saturated heterocycles. The average Bonchev–Trinajstić information content (AvgIpc) is 3.10. The number of anilines is 1. The second-order valence-corrected chi connectivity index (χ2v) is 8.73. The van der Waals surface area contributed by atoms with E-state index >= 15 is 0 Å². The first kappa shape index (κ1) is 21.3. The maximum absolute atomic E-state index is 12.7. The van der Waals surface area contributed by atoms with Gasteiger partial charge in [-0.2, -0.15) is 5.10 Å². The van der Waals surface area contributed by atoms with Crippen molar-refractivity contribution in [2.45, 2.75) is 57.3 Å². The van der Waals surface area contributed by atoms with E-state index in [-0.39, 0.29) is 17.7 Å². The van der Waals surface area contributed by atoms with Crippen molar-refractivity contribution in [2.24, 2.45) is 5.92 Å². The van der Waals surface area contributed by atoms with Gasteiger partial charge in [-0.1, -0.05) is 56.0 Å². The van der Waals surface area contributed by atoms with Crippen LogP contribution in [0.2, 0.25) is 0 Å². The molecule has 2 fully saturated rings. The van der Waals surface area contributed by atoms with Gasteiger partial charge >= 0.3 is 0 Å². The van der Waals surface area contributed by atoms with E-state index in [1.165, 1.54) is 38.5 Å². The van der Waals surface area contributed by atoms with Crippen molar-refractivity contribution in [1.29, 1.82) is 0 Å². The molecule has 0 unspecified atom stereocenters. The van der Waals surface area contributed by atoms with E-state index in [0.29, 0.717) is 37.7 Å². The molecule has 2 aliphatic rings. The summed E-state index contributed by atoms with van der Waals surface area (Å²) < 4.78 is 0. The van der Waals surface area contributed by atoms with E-state index < -0.39 is 0 Å². The molecule has 4 rings (SSSR count). The van der Waals surface area contributed by atoms with Crippen molar-refractivity contribution in [3.63, 3.8) is 0 Å². The van der Waals surface area contributed by atoms with Gasteiger partial charge in [-0.3, -0.25) is 14.7 Å². The Morgan fingerprint density at radius 1 is 1.00 bits per heavy atom. The molecule has 0 radical (unpaired) electrons. The van der Waals surface area contributed by atoms with Crippen LogP contribution in [0.15, 0.2) is 42.5 Å². The van der Waals surface area contributed by atoms with Gasteiger partial charge in [0.05, 0.1) is 0 Å². The zero-order chi connectivity index (χ0) is 21.5. The molecule has 6 nitrogen and oxygen atoms in total. The second-order valence-electron chi connectivity index (χ2n) is 8.73. The topological polar surface area (TPSA) is 78.1 Å². The predicted octanol–water partition coefficient (Wildman–Crippen LogP) is 4.74. The molecule has 2 heterocycles. The lowest BCUT2D eigenvalue weighted by Crippen LogP contribution is -2.40. The molecule has 1 aliphatic carbocycles. The number of likely N-dealkylation sites (tertiary alicyclic amines) is 1. The third kappa shape index (κ3) is 5.84. The fourth-order valence-electron chi connectivity index (χ4n) is 4.63. The van der Waals surface area contributed by atoms with Crippen molar-refractivity contribution in [1.82, 2.24) is 15.1 Å². The van der Waals surface area contributed by atoms with Crippen LogP contribution in [0.1, 0.15) is 68.5 Å². The monoisotopic (exact) mass is 420 g/mol. The molecule has 0 spiro atoms. The number of nitrogens with one attached hydrogen (secondary N) is 2. The number of piperidine rings is 1. The van der Waals surface area contributed by atoms with Gasteiger partial charge < -0.3 is 10.2 Å². The third-order valence-corrected chi connectivity index (χ3v) is 6.54. The maximum atomic E-state index is 12.7. The van der Waals surface area contributed by atoms with Gasteiger partial charge in [0.15, 0.2) is 5.82 Å². The molecular weight excluding hydrogens is 388 g/mol. The number of H-pyrrole nitrogens is 1. The van der Waals surface area contributed by atoms with Crippen molar-refractivity contribution in [3.05, 3.63) is 53.7 Å². The lowest BCUT2D eigenvalue weighted by atomic mass is 9.95. The molecule has 1 aliphatic heterocycles. The highest BCUT2D eigenvalue weighted by molar-refractivity contribution is 5.93. The van der Waals surface area contributed by atoms with Crippen LogP contribution in [-0.2, 0) is 9.59 Å². The number of aromatic nitrogens is 2. The molecule has 1 aromatic carbocycles. The smallest absolute Gasteiger partial charge is 0.246 e. The first-order chi connectivity index (χ1) is 15.2. The van der Waals surface area contributed by atoms with Crippen molar-refractivity contribution < 1.29 is 9.59 Å². The molecule has 31 heavy (non-hydrogen) atoms. The number of carbonyl (C=O) groups excluding carboxylic acids is 2. The van der Waals surface area contributed by atoms with Crippen molar-refractivity contribution in [2.75, 3.05) is 18.4 Å². The maximum Gasteiger partial charge on any atom is 0.246 e. The van der Waals surface area contributed by atoms with Crippen LogP contribution >= 0.6 is 0 Å². The zero-order valence-electron chi connectivity index (χ0n) is 18.1. The average molecular weight is 421 g/mol. The lowest BCUT2D eigenvalue weighted by Gasteiger charge is -2.30. The number of benzene rings is 1. The molecule has 1 aromatic heterocycles. The summed E-state index contributed by atoms with van der Waals surface area (Å²) in [6, 6.07) is 11.8. The Labute approximate surface area is 184 Å². The second kappa shape index (κ2) is 10.4. The van der Waals surface area contributed by atoms with E-state index in [9.17, 15) is 9.59 Å². The number of hydrogen-bond acceptors (Lipinski definition) is 3. The Kier molecular flexibility index (Phi) is 7.18. The van der Waals surface area contributed by atoms with Crippen LogP contribution in [0.25, 0.3) is 6.08 Å². The summed E-state index contributed by atoms with van der Waals surface area (Å²) in [6.07, 6.45) is 12.4. The highest BCUT2D eigenvalue weighted by Crippen LogP contribution is 2.31. The molecule has 0 bridgehead atoms. The van der Waals surface area contributed by atoms with E-state index in [2.05, 4.69) is 15.5 Å². The largest absolute Gasteiger partial charge is 0.339 e. The predicted molar refractivity (Wildman–Crippen MR) is 122 cm³/mol. The van der Waals surface area contributed by atoms with E-state index in [4.69, 9.17) is 0 Å². The van der Waals surface area contributed by atoms with E-state index in [1.807, 2.05) is 47.4 Å². The van der Waals surface area contributed by atoms with Crippen LogP contribution in [-0.4, -0.2) is 40.0 Å². The van der Waals surface area contributed by atoms with Crippen LogP contribution in [0, 0.1) is 5.92 Å². The first-order valence-electron chi connectivity index (χ1n) is 11.6. The molecule has 2 aromatic rings. The minimum atomic E-state index is -0.0832. The molecule has 0 atom stereocenters. The quantitative estimate of drug-likeness (QED) is 0.542. The van der Waals surface area contributed by atoms with Crippen LogP contribution < -0.4 is 5.32 Å². The van der Waals surface area contributed by atoms with Gasteiger partial charge in [-0.25, -0.2) is 0 Å². The highest BCUT2D eigenvalue weighted by Gasteiger charge is 2.27. The summed E-state index contributed by atoms with van der Waals surface area (Å²) in [5.41, 5.74) is 2.15. The number of carbonyl (C=O) groups is 2. The van der Waals surface area contributed by atoms with Crippen molar-refractivity contribution >= 4 is 23.7 Å². The summed E-state index contributed by atoms with van der Waals surface area (Å²) in [5, 5.41) is 10.4. The van der Waals surface area contributed by atoms with Gasteiger partial charge in [0.2, 0.25) is 11.8 Å². The van der Waals surface area contributed by atoms with Gasteiger partial charge in [0, 0.05) is 42.8 Å². The van der Waals surface area contributed by atoms with Gasteiger partial charge in [-0.15, -0.1) is 0 Å². The normalized spacial score (nSPS) is 18.8. The Hall–Kier alpha value is -2.89. The SMILES string of the molecule is O=C(Nc1cc(C2CCCCCC2)[nH]n1)C1CCN(C(=O)C=Cc2ccccc2)CC1. The Balaban J connectivity index is 1.25. The lowest BCUT2D eigenvalue weighted by molar-refractivity contribution is -0.130. The Morgan fingerprint density at radius 2 is 1.71 bits per heavy atom. The summed E-state index contributed by atoms with van der Waals surface area (Å²) in [6.45, 7) is 1.20. The number of nitrogens with zero attached hydrogens (tertiary/aromatic N) is 2. The van der Waals surface area contributed by atoms with E-state index in [1.54, 1.807) is 6.08 Å². The first-order valence-corrected chi connectivity index (χ1v) is 11.6. The minimum absolute atomic E-state index is 0.00283. The Bertz CT molecular complexity index is 889. The van der Waals surface area contributed by atoms with Crippen molar-refractivity contribution in [3.8, 4) is 0 Å². The third-order valence-electron chi connectivity index (χ3n) is 6.54. The minimum Gasteiger partial charge on any atom is -0.339 e. The van der Waals surface area contributed by atoms with Crippen LogP contribution in [0.5, 0.6) is 0 Å². The molecule has 1 saturated carbocycles. The fraction of sp³-hybridized carbons (Fsp3) is 0.480. The Morgan fingerprint density at radius 3 is 2.42 bits per heavy atom. The van der Waals surface area contributed by atoms with Gasteiger partial charge in [0.1, 0.15) is 0 Å². The summed E-state index contributed by atoms with van der Waals surface area (Å²) in [4.78, 5) is 27.0. The number of hydrogen-bond donors (Lipinski definition) is 2. The standard InChI is InChI=1S/C25H32N4O2/c30-24(13-12-19-8-4-3-5-9-19)29-16-14-21(15-17-29)25(31)26-23-18-22(27-28-23)20-10-6-1-2-7-11-20/h3-5,8-9,12-13,18,20-21H,1-2,6-7,10-11,14-17H2,(H2,26,27,28,31). The number of aromatic amines is 1. The van der Waals surface area contributed by atoms with Crippen LogP contribution in [0.4, 0.5) is 5.82 Å². The zero-order valence-corrected chi connectivity index (χ0v) is 18.1. The van der Waals surface area contributed by atoms with Gasteiger partial charge in [-0.05, 0) is 37.3 Å². The molecular formula is C25H32N4O2. The van der Waals surface area contributed by atoms with E-state index in [0.717, 1.165) is 11.3 Å². The van der Waals surface area contributed by atoms with Gasteiger partial charge in [0.25, 0.3) is 0 Å². The molecule has 6 heteroatoms. The molecule has 2 N–H and O–H groups in total. The number of rotatable bonds is 5. The number of amides is 2. The fourth-order valence-corrected chi connectivity index (χ4v) is 4.63. The molecule has 2 amide bonds. The summed E-state index contributed by atoms with van der Waals surface area (Å²) >= 11 is 0. The van der Waals surface area contributed by atoms with Crippen LogP contribution in [0.3, 0.4) is 0 Å².